The van der Waals surface area contributed by atoms with Gasteiger partial charge in [-0.2, -0.15) is 5.10 Å². The van der Waals surface area contributed by atoms with Crippen LogP contribution >= 0.6 is 11.6 Å². The zero-order valence-electron chi connectivity index (χ0n) is 12.8. The van der Waals surface area contributed by atoms with Crippen molar-refractivity contribution in [3.63, 3.8) is 0 Å². The molecule has 0 radical (unpaired) electrons. The molecule has 1 atom stereocenters. The number of hydrogen-bond donors (Lipinski definition) is 1. The van der Waals surface area contributed by atoms with E-state index in [9.17, 15) is 0 Å². The van der Waals surface area contributed by atoms with Gasteiger partial charge in [-0.05, 0) is 51.6 Å². The van der Waals surface area contributed by atoms with Crippen LogP contribution in [0, 0.1) is 5.92 Å². The molecule has 1 aromatic heterocycles. The first-order valence-electron chi connectivity index (χ1n) is 7.58. The van der Waals surface area contributed by atoms with E-state index in [1.54, 1.807) is 0 Å². The Bertz CT molecular complexity index is 374. The number of halogens is 1. The van der Waals surface area contributed by atoms with Gasteiger partial charge in [-0.1, -0.05) is 32.4 Å². The molecule has 1 rings (SSSR count). The fourth-order valence-corrected chi connectivity index (χ4v) is 2.63. The van der Waals surface area contributed by atoms with Gasteiger partial charge in [-0.15, -0.1) is 0 Å². The van der Waals surface area contributed by atoms with Crippen molar-refractivity contribution in [2.75, 3.05) is 13.1 Å². The second-order valence-corrected chi connectivity index (χ2v) is 5.60. The van der Waals surface area contributed by atoms with E-state index in [2.05, 4.69) is 42.8 Å². The Kier molecular flexibility index (Phi) is 7.47. The highest BCUT2D eigenvalue weighted by Gasteiger charge is 2.14. The molecule has 0 spiro atoms. The quantitative estimate of drug-likeness (QED) is 0.701. The maximum atomic E-state index is 6.42. The molecule has 1 N–H and O–H groups in total. The van der Waals surface area contributed by atoms with Crippen molar-refractivity contribution in [1.29, 1.82) is 0 Å². The lowest BCUT2D eigenvalue weighted by Gasteiger charge is -2.13. The zero-order chi connectivity index (χ0) is 14.3. The molecule has 0 aromatic carbocycles. The van der Waals surface area contributed by atoms with Crippen molar-refractivity contribution in [1.82, 2.24) is 15.1 Å². The Balaban J connectivity index is 2.54. The summed E-state index contributed by atoms with van der Waals surface area (Å²) in [7, 11) is 0. The van der Waals surface area contributed by atoms with E-state index in [1.165, 1.54) is 12.1 Å². The minimum Gasteiger partial charge on any atom is -0.316 e. The average Bonchev–Trinajstić information content (AvgIpc) is 2.72. The molecule has 1 unspecified atom stereocenters. The van der Waals surface area contributed by atoms with Gasteiger partial charge in [0.25, 0.3) is 0 Å². The van der Waals surface area contributed by atoms with Crippen molar-refractivity contribution >= 4 is 11.6 Å². The minimum atomic E-state index is 0.674. The van der Waals surface area contributed by atoms with Crippen molar-refractivity contribution in [3.05, 3.63) is 16.4 Å². The predicted molar refractivity (Wildman–Crippen MR) is 82.9 cm³/mol. The molecule has 4 heteroatoms. The summed E-state index contributed by atoms with van der Waals surface area (Å²) in [5.41, 5.74) is 2.25. The molecule has 3 nitrogen and oxygen atoms in total. The average molecular weight is 286 g/mol. The third-order valence-corrected chi connectivity index (χ3v) is 3.92. The topological polar surface area (TPSA) is 29.9 Å². The molecule has 0 saturated carbocycles. The van der Waals surface area contributed by atoms with Crippen LogP contribution in [0.1, 0.15) is 51.9 Å². The van der Waals surface area contributed by atoms with Crippen molar-refractivity contribution in [2.24, 2.45) is 5.92 Å². The normalized spacial score (nSPS) is 12.9. The Morgan fingerprint density at radius 1 is 1.32 bits per heavy atom. The van der Waals surface area contributed by atoms with Crippen molar-refractivity contribution in [2.45, 2.75) is 59.9 Å². The summed E-state index contributed by atoms with van der Waals surface area (Å²) in [6.07, 6.45) is 4.29. The lowest BCUT2D eigenvalue weighted by Crippen LogP contribution is -2.22. The van der Waals surface area contributed by atoms with Crippen LogP contribution in [0.5, 0.6) is 0 Å². The van der Waals surface area contributed by atoms with Gasteiger partial charge >= 0.3 is 0 Å². The first-order chi connectivity index (χ1) is 9.13. The first kappa shape index (κ1) is 16.5. The molecule has 1 heterocycles. The van der Waals surface area contributed by atoms with Crippen LogP contribution < -0.4 is 5.32 Å². The molecule has 19 heavy (non-hydrogen) atoms. The van der Waals surface area contributed by atoms with Crippen LogP contribution in [0.15, 0.2) is 0 Å². The number of aryl methyl sites for hydroxylation is 2. The van der Waals surface area contributed by atoms with E-state index in [1.807, 2.05) is 0 Å². The first-order valence-corrected chi connectivity index (χ1v) is 7.96. The second-order valence-electron chi connectivity index (χ2n) is 5.22. The molecular weight excluding hydrogens is 258 g/mol. The molecule has 110 valence electrons. The smallest absolute Gasteiger partial charge is 0.0849 e. The molecule has 0 aliphatic heterocycles. The van der Waals surface area contributed by atoms with E-state index >= 15 is 0 Å². The summed E-state index contributed by atoms with van der Waals surface area (Å²) < 4.78 is 2.06. The number of nitrogens with zero attached hydrogens (tertiary/aromatic N) is 2. The lowest BCUT2D eigenvalue weighted by molar-refractivity contribution is 0.471. The highest BCUT2D eigenvalue weighted by atomic mass is 35.5. The maximum Gasteiger partial charge on any atom is 0.0849 e. The van der Waals surface area contributed by atoms with Crippen LogP contribution in [-0.2, 0) is 19.4 Å². The van der Waals surface area contributed by atoms with Crippen LogP contribution in [0.25, 0.3) is 0 Å². The van der Waals surface area contributed by atoms with Gasteiger partial charge in [-0.3, -0.25) is 4.68 Å². The third-order valence-electron chi connectivity index (χ3n) is 3.49. The SMILES string of the molecule is CCCNCC(C)CCc1c(Cl)c(CC)nn1CC. The Hall–Kier alpha value is -0.540. The highest BCUT2D eigenvalue weighted by molar-refractivity contribution is 6.31. The van der Waals surface area contributed by atoms with E-state index < -0.39 is 0 Å². The monoisotopic (exact) mass is 285 g/mol. The van der Waals surface area contributed by atoms with E-state index in [4.69, 9.17) is 11.6 Å². The largest absolute Gasteiger partial charge is 0.316 e. The summed E-state index contributed by atoms with van der Waals surface area (Å²) in [5.74, 6) is 0.674. The van der Waals surface area contributed by atoms with Crippen molar-refractivity contribution in [3.8, 4) is 0 Å². The van der Waals surface area contributed by atoms with Crippen LogP contribution in [-0.4, -0.2) is 22.9 Å². The standard InChI is InChI=1S/C15H28ClN3/c1-5-10-17-11-12(4)8-9-14-15(16)13(6-2)18-19(14)7-3/h12,17H,5-11H2,1-4H3. The fraction of sp³-hybridized carbons (Fsp3) is 0.800. The van der Waals surface area contributed by atoms with Crippen LogP contribution in [0.2, 0.25) is 5.02 Å². The minimum absolute atomic E-state index is 0.674. The predicted octanol–water partition coefficient (Wildman–Crippen LogP) is 3.69. The molecular formula is C15H28ClN3. The lowest BCUT2D eigenvalue weighted by atomic mass is 10.0. The van der Waals surface area contributed by atoms with Gasteiger partial charge in [0, 0.05) is 6.54 Å². The summed E-state index contributed by atoms with van der Waals surface area (Å²) in [6.45, 7) is 11.8. The number of aromatic nitrogens is 2. The summed E-state index contributed by atoms with van der Waals surface area (Å²) in [4.78, 5) is 0. The van der Waals surface area contributed by atoms with Gasteiger partial charge in [0.05, 0.1) is 16.4 Å². The van der Waals surface area contributed by atoms with Crippen LogP contribution in [0.3, 0.4) is 0 Å². The van der Waals surface area contributed by atoms with Crippen LogP contribution in [0.4, 0.5) is 0 Å². The summed E-state index contributed by atoms with van der Waals surface area (Å²) >= 11 is 6.42. The molecule has 0 aliphatic rings. The zero-order valence-corrected chi connectivity index (χ0v) is 13.6. The van der Waals surface area contributed by atoms with Gasteiger partial charge in [-0.25, -0.2) is 0 Å². The molecule has 0 aliphatic carbocycles. The molecule has 0 fully saturated rings. The van der Waals surface area contributed by atoms with Gasteiger partial charge < -0.3 is 5.32 Å². The molecule has 1 aromatic rings. The maximum absolute atomic E-state index is 6.42. The summed E-state index contributed by atoms with van der Waals surface area (Å²) in [6, 6.07) is 0. The Morgan fingerprint density at radius 3 is 2.63 bits per heavy atom. The number of nitrogens with one attached hydrogen (secondary N) is 1. The van der Waals surface area contributed by atoms with Gasteiger partial charge in [0.15, 0.2) is 0 Å². The van der Waals surface area contributed by atoms with Gasteiger partial charge in [0.2, 0.25) is 0 Å². The molecule has 0 amide bonds. The molecule has 0 saturated heterocycles. The highest BCUT2D eigenvalue weighted by Crippen LogP contribution is 2.23. The molecule has 0 bridgehead atoms. The van der Waals surface area contributed by atoms with E-state index in [0.29, 0.717) is 5.92 Å². The Labute approximate surface area is 122 Å². The number of hydrogen-bond acceptors (Lipinski definition) is 2. The summed E-state index contributed by atoms with van der Waals surface area (Å²) in [5, 5.41) is 8.93. The second kappa shape index (κ2) is 8.60. The van der Waals surface area contributed by atoms with Gasteiger partial charge in [0.1, 0.15) is 0 Å². The van der Waals surface area contributed by atoms with E-state index in [-0.39, 0.29) is 0 Å². The number of rotatable bonds is 9. The third kappa shape index (κ3) is 4.81. The van der Waals surface area contributed by atoms with Crippen molar-refractivity contribution < 1.29 is 0 Å². The van der Waals surface area contributed by atoms with E-state index in [0.717, 1.165) is 49.6 Å². The fourth-order valence-electron chi connectivity index (χ4n) is 2.27. The Morgan fingerprint density at radius 2 is 2.05 bits per heavy atom.